The van der Waals surface area contributed by atoms with Crippen molar-refractivity contribution in [2.24, 2.45) is 4.99 Å². The summed E-state index contributed by atoms with van der Waals surface area (Å²) in [6, 6.07) is 56.4. The predicted octanol–water partition coefficient (Wildman–Crippen LogP) is 10.9. The van der Waals surface area contributed by atoms with Crippen LogP contribution in [-0.2, 0) is 0 Å². The first-order valence-electron chi connectivity index (χ1n) is 17.3. The molecular weight excluding hydrogens is 643 g/mol. The number of nitrogens with one attached hydrogen (secondary N) is 1. The van der Waals surface area contributed by atoms with E-state index in [2.05, 4.69) is 166 Å². The van der Waals surface area contributed by atoms with Crippen LogP contribution in [0.15, 0.2) is 169 Å². The topological polar surface area (TPSA) is 45.5 Å². The van der Waals surface area contributed by atoms with Gasteiger partial charge in [-0.15, -0.1) is 11.3 Å². The van der Waals surface area contributed by atoms with E-state index in [-0.39, 0.29) is 12.3 Å². The molecule has 6 aromatic carbocycles. The maximum Gasteiger partial charge on any atom is 0.150 e. The van der Waals surface area contributed by atoms with E-state index in [1.54, 1.807) is 0 Å². The van der Waals surface area contributed by atoms with Gasteiger partial charge in [0.15, 0.2) is 5.84 Å². The first-order valence-corrected chi connectivity index (χ1v) is 18.1. The molecule has 4 heterocycles. The van der Waals surface area contributed by atoms with Crippen LogP contribution in [0.3, 0.4) is 0 Å². The lowest BCUT2D eigenvalue weighted by Crippen LogP contribution is -2.46. The molecule has 2 atom stereocenters. The maximum atomic E-state index is 5.18. The van der Waals surface area contributed by atoms with Crippen LogP contribution in [0, 0.1) is 0 Å². The third kappa shape index (κ3) is 4.95. The van der Waals surface area contributed by atoms with Gasteiger partial charge in [0.05, 0.1) is 11.0 Å². The van der Waals surface area contributed by atoms with E-state index in [9.17, 15) is 0 Å². The number of pyridine rings is 1. The number of thiophene rings is 1. The van der Waals surface area contributed by atoms with E-state index in [0.717, 1.165) is 17.1 Å². The van der Waals surface area contributed by atoms with Crippen molar-refractivity contribution in [2.75, 3.05) is 7.05 Å². The molecule has 0 saturated carbocycles. The maximum absolute atomic E-state index is 5.18. The standard InChI is InChI=1S/C45H33N5S/c1-49-44(29-13-4-2-5-14-29)47-43(38-20-10-11-26-46-38)48-45(49)35-19-12-18-34-37-28-31(23-25-41(37)51-42(34)35)30-22-24-40-36(27-30)33-17-8-9-21-39(33)50(40)32-15-6-3-7-16-32/h2-28,44-45H,1H3,(H,47,48). The lowest BCUT2D eigenvalue weighted by molar-refractivity contribution is 0.153. The van der Waals surface area contributed by atoms with Crippen LogP contribution in [0.5, 0.6) is 0 Å². The van der Waals surface area contributed by atoms with Gasteiger partial charge in [-0.1, -0.05) is 103 Å². The molecule has 5 nitrogen and oxygen atoms in total. The minimum Gasteiger partial charge on any atom is -0.349 e. The van der Waals surface area contributed by atoms with Gasteiger partial charge in [-0.3, -0.25) is 9.88 Å². The van der Waals surface area contributed by atoms with Crippen LogP contribution in [0.1, 0.15) is 29.2 Å². The highest BCUT2D eigenvalue weighted by atomic mass is 32.1. The van der Waals surface area contributed by atoms with Gasteiger partial charge in [0.25, 0.3) is 0 Å². The molecule has 2 unspecified atom stereocenters. The van der Waals surface area contributed by atoms with Crippen LogP contribution in [0.4, 0.5) is 0 Å². The number of hydrogen-bond acceptors (Lipinski definition) is 5. The summed E-state index contributed by atoms with van der Waals surface area (Å²) in [7, 11) is 2.16. The zero-order valence-electron chi connectivity index (χ0n) is 27.9. The van der Waals surface area contributed by atoms with E-state index in [4.69, 9.17) is 4.99 Å². The average molecular weight is 676 g/mol. The number of hydrogen-bond donors (Lipinski definition) is 1. The van der Waals surface area contributed by atoms with Crippen LogP contribution in [-0.4, -0.2) is 27.3 Å². The van der Waals surface area contributed by atoms with Gasteiger partial charge in [0.1, 0.15) is 18.0 Å². The van der Waals surface area contributed by atoms with Crippen LogP contribution in [0.25, 0.3) is 58.8 Å². The van der Waals surface area contributed by atoms with Gasteiger partial charge in [-0.05, 0) is 78.3 Å². The molecular formula is C45H33N5S. The van der Waals surface area contributed by atoms with Gasteiger partial charge in [-0.25, -0.2) is 4.99 Å². The summed E-state index contributed by atoms with van der Waals surface area (Å²) in [6.07, 6.45) is 1.56. The molecule has 10 rings (SSSR count). The number of fused-ring (bicyclic) bond motifs is 6. The Morgan fingerprint density at radius 3 is 2.14 bits per heavy atom. The fourth-order valence-corrected chi connectivity index (χ4v) is 8.94. The number of aromatic nitrogens is 2. The second-order valence-electron chi connectivity index (χ2n) is 13.1. The molecule has 1 aliphatic heterocycles. The number of aliphatic imine (C=N–C) groups is 1. The Morgan fingerprint density at radius 1 is 0.608 bits per heavy atom. The van der Waals surface area contributed by atoms with E-state index in [0.29, 0.717) is 0 Å². The molecule has 1 N–H and O–H groups in total. The predicted molar refractivity (Wildman–Crippen MR) is 213 cm³/mol. The summed E-state index contributed by atoms with van der Waals surface area (Å²) in [5, 5.41) is 8.84. The minimum absolute atomic E-state index is 0.106. The highest BCUT2D eigenvalue weighted by molar-refractivity contribution is 7.26. The summed E-state index contributed by atoms with van der Waals surface area (Å²) in [5.74, 6) is 0.803. The van der Waals surface area contributed by atoms with Crippen molar-refractivity contribution in [3.63, 3.8) is 0 Å². The normalized spacial score (nSPS) is 16.5. The monoisotopic (exact) mass is 675 g/mol. The summed E-state index contributed by atoms with van der Waals surface area (Å²) in [5.41, 5.74) is 9.26. The van der Waals surface area contributed by atoms with Crippen molar-refractivity contribution in [3.8, 4) is 16.8 Å². The molecule has 0 radical (unpaired) electrons. The molecule has 0 saturated heterocycles. The van der Waals surface area contributed by atoms with Gasteiger partial charge in [-0.2, -0.15) is 0 Å². The molecule has 1 aliphatic rings. The Hall–Kier alpha value is -6.08. The van der Waals surface area contributed by atoms with E-state index in [1.807, 2.05) is 35.7 Å². The van der Waals surface area contributed by atoms with Crippen LogP contribution >= 0.6 is 11.3 Å². The molecule has 244 valence electrons. The van der Waals surface area contributed by atoms with Gasteiger partial charge in [0, 0.05) is 48.4 Å². The second-order valence-corrected chi connectivity index (χ2v) is 14.2. The van der Waals surface area contributed by atoms with E-state index in [1.165, 1.54) is 64.4 Å². The second kappa shape index (κ2) is 12.1. The third-order valence-electron chi connectivity index (χ3n) is 10.2. The molecule has 0 aliphatic carbocycles. The lowest BCUT2D eigenvalue weighted by Gasteiger charge is -2.39. The Balaban J connectivity index is 1.08. The van der Waals surface area contributed by atoms with Gasteiger partial charge in [0.2, 0.25) is 0 Å². The van der Waals surface area contributed by atoms with Gasteiger partial charge < -0.3 is 9.88 Å². The Morgan fingerprint density at radius 2 is 1.31 bits per heavy atom. The number of nitrogens with zero attached hydrogens (tertiary/aromatic N) is 4. The SMILES string of the molecule is CN1C(c2ccccc2)N=C(c2ccccn2)NC1c1cccc2c1sc1ccc(-c3ccc4c(c3)c3ccccc3n4-c3ccccc3)cc12. The van der Waals surface area contributed by atoms with Crippen molar-refractivity contribution in [1.82, 2.24) is 19.8 Å². The first kappa shape index (κ1) is 29.8. The van der Waals surface area contributed by atoms with Crippen molar-refractivity contribution >= 4 is 59.2 Å². The smallest absolute Gasteiger partial charge is 0.150 e. The Labute approximate surface area is 299 Å². The average Bonchev–Trinajstić information content (AvgIpc) is 3.74. The number of amidine groups is 1. The van der Waals surface area contributed by atoms with Gasteiger partial charge >= 0.3 is 0 Å². The molecule has 6 heteroatoms. The number of rotatable bonds is 5. The van der Waals surface area contributed by atoms with Crippen LogP contribution in [0.2, 0.25) is 0 Å². The van der Waals surface area contributed by atoms with Crippen molar-refractivity contribution in [1.29, 1.82) is 0 Å². The summed E-state index contributed by atoms with van der Waals surface area (Å²) in [4.78, 5) is 12.2. The molecule has 9 aromatic rings. The first-order chi connectivity index (χ1) is 25.2. The van der Waals surface area contributed by atoms with Crippen molar-refractivity contribution in [2.45, 2.75) is 12.3 Å². The minimum atomic E-state index is -0.159. The Bertz CT molecular complexity index is 2750. The largest absolute Gasteiger partial charge is 0.349 e. The van der Waals surface area contributed by atoms with Crippen molar-refractivity contribution < 1.29 is 0 Å². The Kier molecular flexibility index (Phi) is 7.05. The molecule has 0 fully saturated rings. The summed E-state index contributed by atoms with van der Waals surface area (Å²) in [6.45, 7) is 0. The van der Waals surface area contributed by atoms with E-state index >= 15 is 0 Å². The molecule has 51 heavy (non-hydrogen) atoms. The molecule has 0 bridgehead atoms. The molecule has 0 amide bonds. The molecule has 3 aromatic heterocycles. The zero-order chi connectivity index (χ0) is 33.9. The highest BCUT2D eigenvalue weighted by Crippen LogP contribution is 2.43. The molecule has 0 spiro atoms. The van der Waals surface area contributed by atoms with Crippen LogP contribution < -0.4 is 5.32 Å². The summed E-state index contributed by atoms with van der Waals surface area (Å²) < 4.78 is 4.93. The quantitative estimate of drug-likeness (QED) is 0.197. The van der Waals surface area contributed by atoms with E-state index < -0.39 is 0 Å². The van der Waals surface area contributed by atoms with Crippen molar-refractivity contribution in [3.05, 3.63) is 181 Å². The number of para-hydroxylation sites is 2. The zero-order valence-corrected chi connectivity index (χ0v) is 28.8. The highest BCUT2D eigenvalue weighted by Gasteiger charge is 2.33. The fraction of sp³-hybridized carbons (Fsp3) is 0.0667. The number of benzene rings is 6. The summed E-state index contributed by atoms with van der Waals surface area (Å²) >= 11 is 1.86. The fourth-order valence-electron chi connectivity index (χ4n) is 7.72. The lowest BCUT2D eigenvalue weighted by atomic mass is 9.99. The third-order valence-corrected chi connectivity index (χ3v) is 11.4.